The third kappa shape index (κ3) is 5.63. The van der Waals surface area contributed by atoms with Crippen LogP contribution >= 0.6 is 0 Å². The van der Waals surface area contributed by atoms with E-state index in [1.807, 2.05) is 30.3 Å². The van der Waals surface area contributed by atoms with Crippen molar-refractivity contribution in [2.24, 2.45) is 5.92 Å². The number of hydrogen-bond acceptors (Lipinski definition) is 4. The molecule has 1 aliphatic heterocycles. The minimum absolute atomic E-state index is 0.245. The van der Waals surface area contributed by atoms with Crippen molar-refractivity contribution in [3.05, 3.63) is 102 Å². The lowest BCUT2D eigenvalue weighted by Crippen LogP contribution is -2.22. The Morgan fingerprint density at radius 3 is 2.28 bits per heavy atom. The zero-order chi connectivity index (χ0) is 22.3. The van der Waals surface area contributed by atoms with Gasteiger partial charge in [-0.1, -0.05) is 85.4 Å². The van der Waals surface area contributed by atoms with Gasteiger partial charge in [-0.2, -0.15) is 0 Å². The zero-order valence-corrected chi connectivity index (χ0v) is 18.0. The number of nitrogens with zero attached hydrogens (tertiary/aromatic N) is 1. The third-order valence-electron chi connectivity index (χ3n) is 5.83. The molecule has 0 bridgehead atoms. The van der Waals surface area contributed by atoms with Crippen molar-refractivity contribution in [1.29, 1.82) is 0 Å². The van der Waals surface area contributed by atoms with Crippen LogP contribution in [0.5, 0.6) is 0 Å². The average molecular weight is 429 g/mol. The second-order valence-corrected chi connectivity index (χ2v) is 8.19. The molecule has 32 heavy (non-hydrogen) atoms. The fraction of sp³-hybridized carbons (Fsp3) is 0.222. The summed E-state index contributed by atoms with van der Waals surface area (Å²) in [6, 6.07) is 26.7. The highest BCUT2D eigenvalue weighted by atomic mass is 16.6. The molecule has 2 N–H and O–H groups in total. The number of likely N-dealkylation sites (tertiary alicyclic amines) is 1. The monoisotopic (exact) mass is 428 g/mol. The van der Waals surface area contributed by atoms with Gasteiger partial charge in [0.05, 0.1) is 18.2 Å². The molecule has 1 fully saturated rings. The minimum Gasteiger partial charge on any atom is -0.481 e. The topological polar surface area (TPSA) is 61.8 Å². The van der Waals surface area contributed by atoms with Crippen LogP contribution in [-0.2, 0) is 22.8 Å². The molecule has 1 aliphatic rings. The van der Waals surface area contributed by atoms with Gasteiger partial charge in [0.15, 0.2) is 0 Å². The quantitative estimate of drug-likeness (QED) is 0.472. The molecule has 1 atom stereocenters. The van der Waals surface area contributed by atoms with Crippen LogP contribution < -0.4 is 5.48 Å². The Hall–Kier alpha value is -3.41. The normalized spacial score (nSPS) is 16.1. The third-order valence-corrected chi connectivity index (χ3v) is 5.83. The summed E-state index contributed by atoms with van der Waals surface area (Å²) in [5.41, 5.74) is 9.20. The summed E-state index contributed by atoms with van der Waals surface area (Å²) >= 11 is 0. The maximum atomic E-state index is 11.1. The molecule has 1 unspecified atom stereocenters. The Morgan fingerprint density at radius 1 is 0.969 bits per heavy atom. The predicted octanol–water partition coefficient (Wildman–Crippen LogP) is 4.95. The first-order valence-corrected chi connectivity index (χ1v) is 10.8. The molecular formula is C27H28N2O3. The van der Waals surface area contributed by atoms with Crippen LogP contribution in [0.3, 0.4) is 0 Å². The van der Waals surface area contributed by atoms with Gasteiger partial charge in [0.2, 0.25) is 0 Å². The lowest BCUT2D eigenvalue weighted by molar-refractivity contribution is -0.141. The molecule has 3 aromatic rings. The van der Waals surface area contributed by atoms with Crippen molar-refractivity contribution < 1.29 is 14.7 Å². The number of aliphatic carboxylic acids is 1. The predicted molar refractivity (Wildman–Crippen MR) is 126 cm³/mol. The Labute approximate surface area is 188 Å². The van der Waals surface area contributed by atoms with E-state index in [2.05, 4.69) is 65.5 Å². The molecule has 164 valence electrons. The Bertz CT molecular complexity index is 1050. The highest BCUT2D eigenvalue weighted by molar-refractivity contribution is 5.70. The van der Waals surface area contributed by atoms with Crippen molar-refractivity contribution >= 4 is 11.7 Å². The van der Waals surface area contributed by atoms with E-state index in [-0.39, 0.29) is 5.92 Å². The van der Waals surface area contributed by atoms with Gasteiger partial charge in [-0.3, -0.25) is 20.0 Å². The number of carbonyl (C=O) groups is 1. The van der Waals surface area contributed by atoms with E-state index < -0.39 is 5.97 Å². The second-order valence-electron chi connectivity index (χ2n) is 8.19. The van der Waals surface area contributed by atoms with Gasteiger partial charge in [0.1, 0.15) is 0 Å². The first-order valence-electron chi connectivity index (χ1n) is 10.8. The smallest absolute Gasteiger partial charge is 0.307 e. The van der Waals surface area contributed by atoms with E-state index in [1.165, 1.54) is 11.1 Å². The van der Waals surface area contributed by atoms with E-state index >= 15 is 0 Å². The number of nitrogens with one attached hydrogen (secondary N) is 1. The van der Waals surface area contributed by atoms with E-state index in [1.54, 1.807) is 0 Å². The summed E-state index contributed by atoms with van der Waals surface area (Å²) in [6.45, 7) is 6.70. The van der Waals surface area contributed by atoms with Gasteiger partial charge in [0.25, 0.3) is 0 Å². The molecule has 1 heterocycles. The standard InChI is InChI=1S/C27H28N2O3/c1-20(23-11-7-21(8-12-23)17-29-16-15-26(18-29)27(30)31)28-32-19-22-9-13-25(14-10-22)24-5-3-2-4-6-24/h2-14,26,28H,1,15-19H2,(H,30,31). The summed E-state index contributed by atoms with van der Waals surface area (Å²) in [4.78, 5) is 18.9. The van der Waals surface area contributed by atoms with Crippen LogP contribution in [0.2, 0.25) is 0 Å². The average Bonchev–Trinajstić information content (AvgIpc) is 3.29. The molecule has 0 aromatic heterocycles. The molecule has 0 spiro atoms. The maximum absolute atomic E-state index is 11.1. The van der Waals surface area contributed by atoms with Gasteiger partial charge < -0.3 is 5.11 Å². The summed E-state index contributed by atoms with van der Waals surface area (Å²) < 4.78 is 0. The molecule has 4 rings (SSSR count). The van der Waals surface area contributed by atoms with Gasteiger partial charge in [-0.15, -0.1) is 0 Å². The van der Waals surface area contributed by atoms with Crippen LogP contribution in [-0.4, -0.2) is 29.1 Å². The number of rotatable bonds is 9. The number of carboxylic acids is 1. The summed E-state index contributed by atoms with van der Waals surface area (Å²) in [5, 5.41) is 9.14. The van der Waals surface area contributed by atoms with Crippen LogP contribution in [0.4, 0.5) is 0 Å². The largest absolute Gasteiger partial charge is 0.481 e. The molecular weight excluding hydrogens is 400 g/mol. The van der Waals surface area contributed by atoms with Crippen molar-refractivity contribution in [2.75, 3.05) is 13.1 Å². The van der Waals surface area contributed by atoms with Crippen LogP contribution in [0.1, 0.15) is 23.1 Å². The maximum Gasteiger partial charge on any atom is 0.307 e. The first-order chi connectivity index (χ1) is 15.6. The van der Waals surface area contributed by atoms with Crippen molar-refractivity contribution in [3.63, 3.8) is 0 Å². The number of hydrogen-bond donors (Lipinski definition) is 2. The van der Waals surface area contributed by atoms with E-state index in [0.29, 0.717) is 18.8 Å². The summed E-state index contributed by atoms with van der Waals surface area (Å²) in [6.07, 6.45) is 0.723. The lowest BCUT2D eigenvalue weighted by atomic mass is 10.0. The Morgan fingerprint density at radius 2 is 1.62 bits per heavy atom. The second kappa shape index (κ2) is 10.3. The molecule has 1 saturated heterocycles. The highest BCUT2D eigenvalue weighted by Gasteiger charge is 2.27. The lowest BCUT2D eigenvalue weighted by Gasteiger charge is -2.16. The molecule has 5 heteroatoms. The number of carboxylic acid groups (broad SMARTS) is 1. The fourth-order valence-corrected chi connectivity index (χ4v) is 3.94. The van der Waals surface area contributed by atoms with Crippen molar-refractivity contribution in [1.82, 2.24) is 10.4 Å². The molecule has 3 aromatic carbocycles. The van der Waals surface area contributed by atoms with Crippen LogP contribution in [0.15, 0.2) is 85.4 Å². The highest BCUT2D eigenvalue weighted by Crippen LogP contribution is 2.21. The SMILES string of the molecule is C=C(NOCc1ccc(-c2ccccc2)cc1)c1ccc(CN2CCC(C(=O)O)C2)cc1. The number of hydroxylamine groups is 1. The van der Waals surface area contributed by atoms with Crippen LogP contribution in [0, 0.1) is 5.92 Å². The summed E-state index contributed by atoms with van der Waals surface area (Å²) in [7, 11) is 0. The molecule has 0 aliphatic carbocycles. The fourth-order valence-electron chi connectivity index (χ4n) is 3.94. The molecule has 0 amide bonds. The number of benzene rings is 3. The molecule has 0 radical (unpaired) electrons. The van der Waals surface area contributed by atoms with Gasteiger partial charge >= 0.3 is 5.97 Å². The summed E-state index contributed by atoms with van der Waals surface area (Å²) in [5.74, 6) is -0.942. The Kier molecular flexibility index (Phi) is 7.00. The van der Waals surface area contributed by atoms with E-state index in [9.17, 15) is 4.79 Å². The first kappa shape index (κ1) is 21.8. The van der Waals surface area contributed by atoms with E-state index in [0.717, 1.165) is 36.2 Å². The Balaban J connectivity index is 1.23. The minimum atomic E-state index is -0.697. The van der Waals surface area contributed by atoms with Gasteiger partial charge in [-0.05, 0) is 40.8 Å². The molecule has 5 nitrogen and oxygen atoms in total. The van der Waals surface area contributed by atoms with E-state index in [4.69, 9.17) is 9.94 Å². The zero-order valence-electron chi connectivity index (χ0n) is 18.0. The van der Waals surface area contributed by atoms with Crippen molar-refractivity contribution in [2.45, 2.75) is 19.6 Å². The van der Waals surface area contributed by atoms with Crippen LogP contribution in [0.25, 0.3) is 16.8 Å². The van der Waals surface area contributed by atoms with Gasteiger partial charge in [-0.25, -0.2) is 0 Å². The van der Waals surface area contributed by atoms with Crippen molar-refractivity contribution in [3.8, 4) is 11.1 Å². The molecule has 0 saturated carbocycles. The van der Waals surface area contributed by atoms with Gasteiger partial charge in [0, 0.05) is 13.1 Å².